The standard InChI is InChI=1S/C9H22N3.ClH/c1-7-12(8-2)9(10(3)4)11(5)6;/h7-8H2,1-6H3;1H/q+1;/p-1. The van der Waals surface area contributed by atoms with Gasteiger partial charge in [-0.1, -0.05) is 0 Å². The highest BCUT2D eigenvalue weighted by atomic mass is 35.5. The zero-order valence-corrected chi connectivity index (χ0v) is 10.4. The van der Waals surface area contributed by atoms with Crippen molar-refractivity contribution in [2.45, 2.75) is 13.8 Å². The third-order valence-corrected chi connectivity index (χ3v) is 1.85. The Morgan fingerprint density at radius 2 is 1.46 bits per heavy atom. The number of nitrogens with zero attached hydrogens (tertiary/aromatic N) is 3. The molecule has 0 radical (unpaired) electrons. The minimum atomic E-state index is 0. The minimum absolute atomic E-state index is 0. The van der Waals surface area contributed by atoms with E-state index in [9.17, 15) is 0 Å². The van der Waals surface area contributed by atoms with Crippen LogP contribution < -0.4 is 12.4 Å². The molecule has 0 aliphatic carbocycles. The summed E-state index contributed by atoms with van der Waals surface area (Å²) in [5.74, 6) is 1.26. The number of rotatable bonds is 2. The largest absolute Gasteiger partial charge is 1.00 e. The molecule has 0 unspecified atom stereocenters. The Morgan fingerprint density at radius 1 is 1.08 bits per heavy atom. The summed E-state index contributed by atoms with van der Waals surface area (Å²) in [4.78, 5) is 4.48. The Hall–Kier alpha value is -0.440. The van der Waals surface area contributed by atoms with E-state index in [4.69, 9.17) is 0 Å². The lowest BCUT2D eigenvalue weighted by atomic mass is 10.5. The molecule has 0 bridgehead atoms. The van der Waals surface area contributed by atoms with Crippen LogP contribution in [-0.4, -0.2) is 61.6 Å². The number of guanidine groups is 1. The van der Waals surface area contributed by atoms with E-state index in [1.54, 1.807) is 0 Å². The first-order chi connectivity index (χ1) is 5.54. The van der Waals surface area contributed by atoms with Gasteiger partial charge in [-0.3, -0.25) is 14.4 Å². The van der Waals surface area contributed by atoms with Crippen molar-refractivity contribution in [2.24, 2.45) is 0 Å². The second kappa shape index (κ2) is 7.01. The molecule has 0 aromatic carbocycles. The molecule has 80 valence electrons. The van der Waals surface area contributed by atoms with E-state index in [1.165, 1.54) is 5.96 Å². The van der Waals surface area contributed by atoms with Crippen molar-refractivity contribution in [3.63, 3.8) is 0 Å². The number of hydrogen-bond acceptors (Lipinski definition) is 0. The first-order valence-electron chi connectivity index (χ1n) is 4.51. The Balaban J connectivity index is 0. The molecule has 0 heterocycles. The van der Waals surface area contributed by atoms with E-state index in [0.29, 0.717) is 0 Å². The van der Waals surface area contributed by atoms with E-state index < -0.39 is 0 Å². The predicted octanol–water partition coefficient (Wildman–Crippen LogP) is -2.48. The molecule has 0 saturated heterocycles. The molecule has 0 aromatic heterocycles. The van der Waals surface area contributed by atoms with Crippen LogP contribution in [0.25, 0.3) is 0 Å². The monoisotopic (exact) mass is 207 g/mol. The van der Waals surface area contributed by atoms with Gasteiger partial charge in [-0.2, -0.15) is 0 Å². The van der Waals surface area contributed by atoms with Crippen LogP contribution >= 0.6 is 0 Å². The number of halogens is 1. The minimum Gasteiger partial charge on any atom is -1.00 e. The second-order valence-electron chi connectivity index (χ2n) is 3.26. The molecule has 0 amide bonds. The molecule has 0 aliphatic heterocycles. The summed E-state index contributed by atoms with van der Waals surface area (Å²) in [7, 11) is 8.31. The van der Waals surface area contributed by atoms with Gasteiger partial charge in [-0.05, 0) is 13.8 Å². The van der Waals surface area contributed by atoms with Crippen LogP contribution in [0.1, 0.15) is 13.8 Å². The van der Waals surface area contributed by atoms with Crippen molar-refractivity contribution in [3.8, 4) is 0 Å². The van der Waals surface area contributed by atoms with Crippen LogP contribution in [0.4, 0.5) is 0 Å². The predicted molar refractivity (Wildman–Crippen MR) is 53.7 cm³/mol. The van der Waals surface area contributed by atoms with Crippen LogP contribution in [0, 0.1) is 0 Å². The first-order valence-corrected chi connectivity index (χ1v) is 4.51. The molecule has 13 heavy (non-hydrogen) atoms. The zero-order chi connectivity index (χ0) is 9.72. The fourth-order valence-electron chi connectivity index (χ4n) is 1.47. The number of hydrogen-bond donors (Lipinski definition) is 0. The molecule has 3 nitrogen and oxygen atoms in total. The molecule has 0 fully saturated rings. The second-order valence-corrected chi connectivity index (χ2v) is 3.26. The van der Waals surface area contributed by atoms with Crippen LogP contribution in [0.15, 0.2) is 0 Å². The van der Waals surface area contributed by atoms with Crippen molar-refractivity contribution in [1.29, 1.82) is 0 Å². The van der Waals surface area contributed by atoms with Gasteiger partial charge in [-0.25, -0.2) is 0 Å². The van der Waals surface area contributed by atoms with Crippen LogP contribution in [-0.2, 0) is 0 Å². The lowest BCUT2D eigenvalue weighted by Gasteiger charge is -2.22. The van der Waals surface area contributed by atoms with E-state index in [1.807, 2.05) is 0 Å². The smallest absolute Gasteiger partial charge is 0.349 e. The molecule has 0 atom stereocenters. The zero-order valence-electron chi connectivity index (χ0n) is 9.63. The molecule has 0 rings (SSSR count). The summed E-state index contributed by atoms with van der Waals surface area (Å²) in [6.07, 6.45) is 0. The average molecular weight is 208 g/mol. The summed E-state index contributed by atoms with van der Waals surface area (Å²) in [5, 5.41) is 0. The Bertz CT molecular complexity index is 158. The van der Waals surface area contributed by atoms with E-state index in [-0.39, 0.29) is 12.4 Å². The summed E-state index contributed by atoms with van der Waals surface area (Å²) < 4.78 is 2.15. The molecular formula is C9H22ClN3. The molecule has 0 N–H and O–H groups in total. The van der Waals surface area contributed by atoms with Crippen molar-refractivity contribution in [3.05, 3.63) is 0 Å². The van der Waals surface area contributed by atoms with E-state index in [2.05, 4.69) is 56.4 Å². The fourth-order valence-corrected chi connectivity index (χ4v) is 1.47. The van der Waals surface area contributed by atoms with Gasteiger partial charge in [0.2, 0.25) is 0 Å². The lowest BCUT2D eigenvalue weighted by molar-refractivity contribution is -0.475. The van der Waals surface area contributed by atoms with Gasteiger partial charge >= 0.3 is 5.96 Å². The SMILES string of the molecule is CCN(CC)C(N(C)C)=[N+](C)C.[Cl-]. The van der Waals surface area contributed by atoms with Gasteiger partial charge in [0, 0.05) is 0 Å². The molecule has 0 aromatic rings. The van der Waals surface area contributed by atoms with Gasteiger partial charge in [-0.15, -0.1) is 0 Å². The summed E-state index contributed by atoms with van der Waals surface area (Å²) >= 11 is 0. The summed E-state index contributed by atoms with van der Waals surface area (Å²) in [5.41, 5.74) is 0. The third-order valence-electron chi connectivity index (χ3n) is 1.85. The maximum absolute atomic E-state index is 2.33. The molecule has 0 saturated carbocycles. The molecule has 0 spiro atoms. The first kappa shape index (κ1) is 15.1. The van der Waals surface area contributed by atoms with E-state index >= 15 is 0 Å². The van der Waals surface area contributed by atoms with Gasteiger partial charge < -0.3 is 12.4 Å². The highest BCUT2D eigenvalue weighted by Gasteiger charge is 2.18. The third kappa shape index (κ3) is 4.36. The summed E-state index contributed by atoms with van der Waals surface area (Å²) in [6.45, 7) is 6.47. The van der Waals surface area contributed by atoms with Gasteiger partial charge in [0.15, 0.2) is 0 Å². The lowest BCUT2D eigenvalue weighted by Crippen LogP contribution is -3.00. The molecule has 4 heteroatoms. The Labute approximate surface area is 88.4 Å². The quantitative estimate of drug-likeness (QED) is 0.282. The van der Waals surface area contributed by atoms with Crippen LogP contribution in [0.5, 0.6) is 0 Å². The van der Waals surface area contributed by atoms with Gasteiger partial charge in [0.05, 0.1) is 41.3 Å². The van der Waals surface area contributed by atoms with E-state index in [0.717, 1.165) is 13.1 Å². The van der Waals surface area contributed by atoms with Crippen molar-refractivity contribution in [2.75, 3.05) is 41.3 Å². The van der Waals surface area contributed by atoms with Crippen LogP contribution in [0.3, 0.4) is 0 Å². The molecular weight excluding hydrogens is 186 g/mol. The fraction of sp³-hybridized carbons (Fsp3) is 0.889. The van der Waals surface area contributed by atoms with Gasteiger partial charge in [0.1, 0.15) is 0 Å². The van der Waals surface area contributed by atoms with Gasteiger partial charge in [0.25, 0.3) is 0 Å². The topological polar surface area (TPSA) is 9.49 Å². The highest BCUT2D eigenvalue weighted by molar-refractivity contribution is 5.74. The molecule has 0 aliphatic rings. The normalized spacial score (nSPS) is 8.77. The maximum atomic E-state index is 2.33. The maximum Gasteiger partial charge on any atom is 0.349 e. The highest BCUT2D eigenvalue weighted by Crippen LogP contribution is 1.93. The Kier molecular flexibility index (Phi) is 8.12. The van der Waals surface area contributed by atoms with Crippen LogP contribution in [0.2, 0.25) is 0 Å². The summed E-state index contributed by atoms with van der Waals surface area (Å²) in [6, 6.07) is 0. The van der Waals surface area contributed by atoms with Crippen molar-refractivity contribution >= 4 is 5.96 Å². The Morgan fingerprint density at radius 3 is 1.54 bits per heavy atom. The van der Waals surface area contributed by atoms with Crippen molar-refractivity contribution < 1.29 is 17.0 Å². The average Bonchev–Trinajstić information content (AvgIpc) is 1.98. The van der Waals surface area contributed by atoms with Crippen molar-refractivity contribution in [1.82, 2.24) is 9.80 Å².